The maximum Gasteiger partial charge on any atom is 0.302 e. The molecule has 5 rings (SSSR count). The largest absolute Gasteiger partial charge is 0.497 e. The number of hydrogen-bond acceptors (Lipinski definition) is 5. The standard InChI is InChI=1S/C33H50O5/c1-8-23-15-19(2)18-36-31(23)20(3)30-29(38-22(5)35)17-28-26-10-9-24-16-25(37-21(4)34)11-13-32(24,6)27(26)12-14-33(28,30)7/h8,19-20,24-30H,1,9-18H2,2-7H3/t19-,20-,24+,25-,26+,27-,28-,29-,30-,32-,33-/m0/s1. The Morgan fingerprint density at radius 2 is 1.71 bits per heavy atom. The van der Waals surface area contributed by atoms with E-state index in [4.69, 9.17) is 14.2 Å². The maximum absolute atomic E-state index is 12.3. The molecule has 0 amide bonds. The summed E-state index contributed by atoms with van der Waals surface area (Å²) in [5, 5.41) is 0. The summed E-state index contributed by atoms with van der Waals surface area (Å²) in [7, 11) is 0. The van der Waals surface area contributed by atoms with E-state index in [9.17, 15) is 9.59 Å². The summed E-state index contributed by atoms with van der Waals surface area (Å²) in [5.74, 6) is 4.26. The maximum atomic E-state index is 12.3. The Hall–Kier alpha value is -1.78. The molecule has 4 aliphatic carbocycles. The Morgan fingerprint density at radius 3 is 2.39 bits per heavy atom. The van der Waals surface area contributed by atoms with Crippen LogP contribution in [0.25, 0.3) is 0 Å². The van der Waals surface area contributed by atoms with E-state index in [2.05, 4.69) is 34.3 Å². The molecule has 5 heteroatoms. The lowest BCUT2D eigenvalue weighted by molar-refractivity contribution is -0.161. The molecule has 11 atom stereocenters. The van der Waals surface area contributed by atoms with Crippen LogP contribution >= 0.6 is 0 Å². The Morgan fingerprint density at radius 1 is 1.00 bits per heavy atom. The predicted molar refractivity (Wildman–Crippen MR) is 148 cm³/mol. The van der Waals surface area contributed by atoms with Gasteiger partial charge in [0.2, 0.25) is 0 Å². The predicted octanol–water partition coefficient (Wildman–Crippen LogP) is 7.25. The summed E-state index contributed by atoms with van der Waals surface area (Å²) in [5.41, 5.74) is 1.66. The molecule has 5 aliphatic rings. The third-order valence-electron chi connectivity index (χ3n) is 12.0. The summed E-state index contributed by atoms with van der Waals surface area (Å²) in [6.07, 6.45) is 12.0. The van der Waals surface area contributed by atoms with E-state index < -0.39 is 0 Å². The molecular weight excluding hydrogens is 476 g/mol. The molecule has 38 heavy (non-hydrogen) atoms. The Labute approximate surface area is 230 Å². The molecule has 4 fully saturated rings. The van der Waals surface area contributed by atoms with E-state index in [0.29, 0.717) is 35.0 Å². The van der Waals surface area contributed by atoms with Crippen molar-refractivity contribution in [2.24, 2.45) is 52.3 Å². The van der Waals surface area contributed by atoms with E-state index in [1.165, 1.54) is 38.2 Å². The van der Waals surface area contributed by atoms with Gasteiger partial charge in [0.05, 0.1) is 6.61 Å². The van der Waals surface area contributed by atoms with Crippen molar-refractivity contribution in [3.63, 3.8) is 0 Å². The lowest BCUT2D eigenvalue weighted by Gasteiger charge is -2.61. The van der Waals surface area contributed by atoms with Crippen molar-refractivity contribution in [3.8, 4) is 0 Å². The van der Waals surface area contributed by atoms with Crippen LogP contribution in [0.4, 0.5) is 0 Å². The van der Waals surface area contributed by atoms with Gasteiger partial charge in [0.25, 0.3) is 0 Å². The van der Waals surface area contributed by atoms with Gasteiger partial charge in [-0.3, -0.25) is 9.59 Å². The third-order valence-corrected chi connectivity index (χ3v) is 12.0. The highest BCUT2D eigenvalue weighted by atomic mass is 16.5. The summed E-state index contributed by atoms with van der Waals surface area (Å²) >= 11 is 0. The van der Waals surface area contributed by atoms with Gasteiger partial charge in [-0.1, -0.05) is 40.3 Å². The average molecular weight is 527 g/mol. The Bertz CT molecular complexity index is 984. The van der Waals surface area contributed by atoms with Gasteiger partial charge < -0.3 is 14.2 Å². The second kappa shape index (κ2) is 10.3. The fraction of sp³-hybridized carbons (Fsp3) is 0.818. The van der Waals surface area contributed by atoms with Gasteiger partial charge in [-0.2, -0.15) is 0 Å². The summed E-state index contributed by atoms with van der Waals surface area (Å²) in [6, 6.07) is 0. The molecule has 212 valence electrons. The third kappa shape index (κ3) is 4.64. The Balaban J connectivity index is 1.43. The quantitative estimate of drug-likeness (QED) is 0.353. The van der Waals surface area contributed by atoms with Crippen LogP contribution < -0.4 is 0 Å². The van der Waals surface area contributed by atoms with Crippen molar-refractivity contribution in [3.05, 3.63) is 24.0 Å². The van der Waals surface area contributed by atoms with Crippen molar-refractivity contribution < 1.29 is 23.8 Å². The van der Waals surface area contributed by atoms with Crippen LogP contribution in [0.5, 0.6) is 0 Å². The average Bonchev–Trinajstić information content (AvgIpc) is 3.14. The van der Waals surface area contributed by atoms with Gasteiger partial charge in [0.15, 0.2) is 0 Å². The topological polar surface area (TPSA) is 61.8 Å². The molecule has 0 bridgehead atoms. The molecule has 0 radical (unpaired) electrons. The van der Waals surface area contributed by atoms with Crippen LogP contribution in [-0.4, -0.2) is 30.8 Å². The van der Waals surface area contributed by atoms with Crippen LogP contribution in [-0.2, 0) is 23.8 Å². The van der Waals surface area contributed by atoms with E-state index in [-0.39, 0.29) is 41.4 Å². The minimum Gasteiger partial charge on any atom is -0.497 e. The van der Waals surface area contributed by atoms with Crippen LogP contribution in [0, 0.1) is 52.3 Å². The number of carbonyl (C=O) groups excluding carboxylic acids is 2. The van der Waals surface area contributed by atoms with Crippen molar-refractivity contribution >= 4 is 11.9 Å². The number of rotatable bonds is 5. The van der Waals surface area contributed by atoms with Gasteiger partial charge in [0.1, 0.15) is 18.0 Å². The molecule has 5 nitrogen and oxygen atoms in total. The minimum absolute atomic E-state index is 0.0667. The summed E-state index contributed by atoms with van der Waals surface area (Å²) in [6.45, 7) is 17.6. The number of hydrogen-bond donors (Lipinski definition) is 0. The van der Waals surface area contributed by atoms with Crippen molar-refractivity contribution in [2.45, 2.75) is 112 Å². The molecule has 0 aromatic heterocycles. The van der Waals surface area contributed by atoms with E-state index in [1.807, 2.05) is 6.08 Å². The minimum atomic E-state index is -0.165. The van der Waals surface area contributed by atoms with Crippen LogP contribution in [0.3, 0.4) is 0 Å². The van der Waals surface area contributed by atoms with Gasteiger partial charge in [-0.25, -0.2) is 0 Å². The number of carbonyl (C=O) groups is 2. The van der Waals surface area contributed by atoms with Gasteiger partial charge in [-0.15, -0.1) is 0 Å². The smallest absolute Gasteiger partial charge is 0.302 e. The zero-order chi connectivity index (χ0) is 27.4. The van der Waals surface area contributed by atoms with Crippen molar-refractivity contribution in [1.82, 2.24) is 0 Å². The fourth-order valence-electron chi connectivity index (χ4n) is 10.4. The molecule has 0 unspecified atom stereocenters. The fourth-order valence-corrected chi connectivity index (χ4v) is 10.4. The number of ether oxygens (including phenoxy) is 3. The first-order valence-electron chi connectivity index (χ1n) is 15.3. The number of fused-ring (bicyclic) bond motifs is 5. The summed E-state index contributed by atoms with van der Waals surface area (Å²) < 4.78 is 18.2. The molecule has 0 saturated heterocycles. The summed E-state index contributed by atoms with van der Waals surface area (Å²) in [4.78, 5) is 24.0. The molecule has 1 heterocycles. The van der Waals surface area contributed by atoms with Gasteiger partial charge >= 0.3 is 11.9 Å². The molecule has 4 saturated carbocycles. The first-order chi connectivity index (χ1) is 18.0. The van der Waals surface area contributed by atoms with E-state index >= 15 is 0 Å². The zero-order valence-corrected chi connectivity index (χ0v) is 24.6. The highest BCUT2D eigenvalue weighted by molar-refractivity contribution is 5.66. The molecule has 0 N–H and O–H groups in total. The molecule has 1 aliphatic heterocycles. The molecule has 0 spiro atoms. The lowest BCUT2D eigenvalue weighted by atomic mass is 9.44. The second-order valence-electron chi connectivity index (χ2n) is 14.1. The van der Waals surface area contributed by atoms with Gasteiger partial charge in [0, 0.05) is 25.7 Å². The highest BCUT2D eigenvalue weighted by Gasteiger charge is 2.64. The first kappa shape index (κ1) is 27.8. The first-order valence-corrected chi connectivity index (χ1v) is 15.3. The molecule has 0 aromatic rings. The van der Waals surface area contributed by atoms with Crippen molar-refractivity contribution in [2.75, 3.05) is 6.61 Å². The highest BCUT2D eigenvalue weighted by Crippen LogP contribution is 2.69. The number of allylic oxidation sites excluding steroid dienone is 3. The normalized spacial score (nSPS) is 45.1. The van der Waals surface area contributed by atoms with Crippen molar-refractivity contribution in [1.29, 1.82) is 0 Å². The second-order valence-corrected chi connectivity index (χ2v) is 14.1. The lowest BCUT2D eigenvalue weighted by Crippen LogP contribution is -2.54. The molecule has 0 aromatic carbocycles. The zero-order valence-electron chi connectivity index (χ0n) is 24.6. The van der Waals surface area contributed by atoms with E-state index in [0.717, 1.165) is 44.5 Å². The number of esters is 2. The van der Waals surface area contributed by atoms with Gasteiger partial charge in [-0.05, 0) is 104 Å². The SMILES string of the molecule is C=CC1=C([C@@H](C)[C@H]2[C@@H](OC(C)=O)C[C@H]3[C@@H]4CC[C@@H]5C[C@@H](OC(C)=O)CC[C@]5(C)[C@H]4CC[C@]23C)OC[C@@H](C)C1. The van der Waals surface area contributed by atoms with E-state index in [1.54, 1.807) is 6.92 Å². The monoisotopic (exact) mass is 526 g/mol. The van der Waals surface area contributed by atoms with Crippen LogP contribution in [0.1, 0.15) is 99.3 Å². The van der Waals surface area contributed by atoms with Crippen LogP contribution in [0.15, 0.2) is 24.0 Å². The van der Waals surface area contributed by atoms with Crippen LogP contribution in [0.2, 0.25) is 0 Å². The molecular formula is C33H50O5. The Kier molecular flexibility index (Phi) is 7.54.